The number of pyridine rings is 1. The van der Waals surface area contributed by atoms with Crippen molar-refractivity contribution in [1.29, 1.82) is 0 Å². The standard InChI is InChI=1S/C18H19F2N5/c1-24-7-2-8-25(10-9-24)18-16-15(5-6-21-18)22-17(23-16)12-3-4-13(19)14(20)11-12/h3-6,11H,2,7-10H2,1H3,(H,22,23). The topological polar surface area (TPSA) is 48.0 Å². The molecule has 0 spiro atoms. The van der Waals surface area contributed by atoms with Gasteiger partial charge in [0.2, 0.25) is 0 Å². The summed E-state index contributed by atoms with van der Waals surface area (Å²) in [6, 6.07) is 5.63. The zero-order valence-corrected chi connectivity index (χ0v) is 14.0. The van der Waals surface area contributed by atoms with Crippen molar-refractivity contribution in [2.24, 2.45) is 0 Å². The van der Waals surface area contributed by atoms with Gasteiger partial charge in [-0.05, 0) is 44.3 Å². The summed E-state index contributed by atoms with van der Waals surface area (Å²) in [5.41, 5.74) is 2.10. The number of aromatic amines is 1. The smallest absolute Gasteiger partial charge is 0.159 e. The summed E-state index contributed by atoms with van der Waals surface area (Å²) in [4.78, 5) is 16.9. The Labute approximate surface area is 144 Å². The summed E-state index contributed by atoms with van der Waals surface area (Å²) in [5.74, 6) is -0.407. The van der Waals surface area contributed by atoms with Gasteiger partial charge in [0.25, 0.3) is 0 Å². The minimum atomic E-state index is -0.883. The molecule has 130 valence electrons. The van der Waals surface area contributed by atoms with E-state index in [0.717, 1.165) is 61.6 Å². The fourth-order valence-electron chi connectivity index (χ4n) is 3.19. The first kappa shape index (κ1) is 16.0. The van der Waals surface area contributed by atoms with Gasteiger partial charge in [0.05, 0.1) is 5.52 Å². The van der Waals surface area contributed by atoms with Gasteiger partial charge in [0.15, 0.2) is 17.5 Å². The number of hydrogen-bond donors (Lipinski definition) is 1. The number of imidazole rings is 1. The maximum atomic E-state index is 13.5. The van der Waals surface area contributed by atoms with Crippen LogP contribution in [0.25, 0.3) is 22.4 Å². The summed E-state index contributed by atoms with van der Waals surface area (Å²) in [6.07, 6.45) is 2.81. The Morgan fingerprint density at radius 3 is 2.76 bits per heavy atom. The summed E-state index contributed by atoms with van der Waals surface area (Å²) >= 11 is 0. The van der Waals surface area contributed by atoms with Crippen LogP contribution in [0.1, 0.15) is 6.42 Å². The largest absolute Gasteiger partial charge is 0.353 e. The molecule has 4 rings (SSSR count). The number of nitrogens with one attached hydrogen (secondary N) is 1. The Morgan fingerprint density at radius 2 is 1.92 bits per heavy atom. The molecule has 0 saturated carbocycles. The lowest BCUT2D eigenvalue weighted by Gasteiger charge is -2.21. The molecule has 7 heteroatoms. The molecule has 5 nitrogen and oxygen atoms in total. The molecule has 0 unspecified atom stereocenters. The number of anilines is 1. The molecule has 3 heterocycles. The third-order valence-electron chi connectivity index (χ3n) is 4.59. The molecule has 0 radical (unpaired) electrons. The van der Waals surface area contributed by atoms with Crippen LogP contribution in [0.15, 0.2) is 30.5 Å². The van der Waals surface area contributed by atoms with Gasteiger partial charge in [-0.15, -0.1) is 0 Å². The molecule has 0 amide bonds. The van der Waals surface area contributed by atoms with Crippen LogP contribution < -0.4 is 4.90 Å². The Kier molecular flexibility index (Phi) is 4.09. The highest BCUT2D eigenvalue weighted by molar-refractivity contribution is 5.88. The minimum absolute atomic E-state index is 0.509. The number of likely N-dealkylation sites (N-methyl/N-ethyl adjacent to an activating group) is 1. The van der Waals surface area contributed by atoms with Gasteiger partial charge in [-0.2, -0.15) is 0 Å². The SMILES string of the molecule is CN1CCCN(c2nccc3[nH]c(-c4ccc(F)c(F)c4)nc23)CC1. The molecular weight excluding hydrogens is 324 g/mol. The van der Waals surface area contributed by atoms with E-state index < -0.39 is 11.6 Å². The maximum Gasteiger partial charge on any atom is 0.159 e. The minimum Gasteiger partial charge on any atom is -0.353 e. The van der Waals surface area contributed by atoms with Crippen molar-refractivity contribution >= 4 is 16.9 Å². The van der Waals surface area contributed by atoms with E-state index in [1.165, 1.54) is 6.07 Å². The molecule has 0 bridgehead atoms. The summed E-state index contributed by atoms with van der Waals surface area (Å²) in [5, 5.41) is 0. The van der Waals surface area contributed by atoms with Crippen LogP contribution in [0.3, 0.4) is 0 Å². The van der Waals surface area contributed by atoms with E-state index >= 15 is 0 Å². The molecule has 3 aromatic rings. The number of hydrogen-bond acceptors (Lipinski definition) is 4. The average Bonchev–Trinajstić information content (AvgIpc) is 2.93. The van der Waals surface area contributed by atoms with Crippen LogP contribution in [0, 0.1) is 11.6 Å². The third-order valence-corrected chi connectivity index (χ3v) is 4.59. The summed E-state index contributed by atoms with van der Waals surface area (Å²) in [7, 11) is 2.12. The van der Waals surface area contributed by atoms with Gasteiger partial charge in [0.1, 0.15) is 11.3 Å². The van der Waals surface area contributed by atoms with Crippen molar-refractivity contribution in [3.63, 3.8) is 0 Å². The molecule has 0 aliphatic carbocycles. The van der Waals surface area contributed by atoms with Crippen molar-refractivity contribution in [2.45, 2.75) is 6.42 Å². The predicted octanol–water partition coefficient (Wildman–Crippen LogP) is 3.05. The van der Waals surface area contributed by atoms with E-state index in [2.05, 4.69) is 31.8 Å². The van der Waals surface area contributed by atoms with E-state index in [1.54, 1.807) is 6.20 Å². The lowest BCUT2D eigenvalue weighted by molar-refractivity contribution is 0.360. The lowest BCUT2D eigenvalue weighted by Crippen LogP contribution is -2.29. The molecule has 2 aromatic heterocycles. The monoisotopic (exact) mass is 343 g/mol. The number of aromatic nitrogens is 3. The fourth-order valence-corrected chi connectivity index (χ4v) is 3.19. The molecule has 1 aliphatic heterocycles. The maximum absolute atomic E-state index is 13.5. The number of H-pyrrole nitrogens is 1. The zero-order valence-electron chi connectivity index (χ0n) is 14.0. The first-order valence-electron chi connectivity index (χ1n) is 8.35. The Balaban J connectivity index is 1.74. The van der Waals surface area contributed by atoms with Crippen LogP contribution in [0.2, 0.25) is 0 Å². The second-order valence-electron chi connectivity index (χ2n) is 6.39. The van der Waals surface area contributed by atoms with E-state index in [9.17, 15) is 8.78 Å². The molecule has 1 aliphatic rings. The summed E-state index contributed by atoms with van der Waals surface area (Å²) < 4.78 is 26.7. The number of rotatable bonds is 2. The second kappa shape index (κ2) is 6.40. The third kappa shape index (κ3) is 3.07. The van der Waals surface area contributed by atoms with Gasteiger partial charge >= 0.3 is 0 Å². The van der Waals surface area contributed by atoms with Crippen LogP contribution in [0.4, 0.5) is 14.6 Å². The van der Waals surface area contributed by atoms with Crippen molar-refractivity contribution in [3.05, 3.63) is 42.1 Å². The van der Waals surface area contributed by atoms with Crippen molar-refractivity contribution in [2.75, 3.05) is 38.1 Å². The van der Waals surface area contributed by atoms with Gasteiger partial charge in [-0.25, -0.2) is 18.7 Å². The fraction of sp³-hybridized carbons (Fsp3) is 0.333. The predicted molar refractivity (Wildman–Crippen MR) is 93.6 cm³/mol. The van der Waals surface area contributed by atoms with Crippen LogP contribution in [-0.2, 0) is 0 Å². The Bertz CT molecular complexity index is 908. The Hall–Kier alpha value is -2.54. The lowest BCUT2D eigenvalue weighted by atomic mass is 10.2. The van der Waals surface area contributed by atoms with Crippen LogP contribution >= 0.6 is 0 Å². The van der Waals surface area contributed by atoms with Gasteiger partial charge < -0.3 is 14.8 Å². The van der Waals surface area contributed by atoms with Crippen LogP contribution in [-0.4, -0.2) is 53.1 Å². The molecule has 1 saturated heterocycles. The van der Waals surface area contributed by atoms with Crippen LogP contribution in [0.5, 0.6) is 0 Å². The average molecular weight is 343 g/mol. The molecule has 1 fully saturated rings. The van der Waals surface area contributed by atoms with Gasteiger partial charge in [0, 0.05) is 31.4 Å². The highest BCUT2D eigenvalue weighted by Crippen LogP contribution is 2.27. The van der Waals surface area contributed by atoms with Gasteiger partial charge in [-0.1, -0.05) is 0 Å². The molecular formula is C18H19F2N5. The van der Waals surface area contributed by atoms with Crippen molar-refractivity contribution in [1.82, 2.24) is 19.9 Å². The summed E-state index contributed by atoms with van der Waals surface area (Å²) in [6.45, 7) is 3.84. The molecule has 25 heavy (non-hydrogen) atoms. The molecule has 1 N–H and O–H groups in total. The normalized spacial score (nSPS) is 16.4. The van der Waals surface area contributed by atoms with Gasteiger partial charge in [-0.3, -0.25) is 0 Å². The molecule has 0 atom stereocenters. The second-order valence-corrected chi connectivity index (χ2v) is 6.39. The highest BCUT2D eigenvalue weighted by atomic mass is 19.2. The highest BCUT2D eigenvalue weighted by Gasteiger charge is 2.18. The Morgan fingerprint density at radius 1 is 1.04 bits per heavy atom. The van der Waals surface area contributed by atoms with E-state index in [1.807, 2.05) is 6.07 Å². The zero-order chi connectivity index (χ0) is 17.4. The first-order valence-corrected chi connectivity index (χ1v) is 8.35. The molecule has 1 aromatic carbocycles. The first-order chi connectivity index (χ1) is 12.1. The quantitative estimate of drug-likeness (QED) is 0.777. The number of fused-ring (bicyclic) bond motifs is 1. The van der Waals surface area contributed by atoms with E-state index in [4.69, 9.17) is 0 Å². The number of nitrogens with zero attached hydrogens (tertiary/aromatic N) is 4. The van der Waals surface area contributed by atoms with Crippen molar-refractivity contribution in [3.8, 4) is 11.4 Å². The van der Waals surface area contributed by atoms with Crippen molar-refractivity contribution < 1.29 is 8.78 Å². The number of benzene rings is 1. The van der Waals surface area contributed by atoms with E-state index in [0.29, 0.717) is 11.4 Å². The number of halogens is 2. The van der Waals surface area contributed by atoms with E-state index in [-0.39, 0.29) is 0 Å².